The van der Waals surface area contributed by atoms with E-state index in [1.54, 1.807) is 26.0 Å². The molecular formula is C18H27F2N3O4S. The van der Waals surface area contributed by atoms with Gasteiger partial charge in [-0.15, -0.1) is 0 Å². The van der Waals surface area contributed by atoms with E-state index in [2.05, 4.69) is 15.0 Å². The van der Waals surface area contributed by atoms with Crippen molar-refractivity contribution in [1.82, 2.24) is 10.2 Å². The number of nitrogens with one attached hydrogen (secondary N) is 1. The lowest BCUT2D eigenvalue weighted by molar-refractivity contribution is -0.0512. The summed E-state index contributed by atoms with van der Waals surface area (Å²) in [5.74, 6) is 0.792. The van der Waals surface area contributed by atoms with Crippen LogP contribution in [0.5, 0.6) is 11.5 Å². The summed E-state index contributed by atoms with van der Waals surface area (Å²) >= 11 is 0. The second-order valence-corrected chi connectivity index (χ2v) is 9.78. The van der Waals surface area contributed by atoms with E-state index in [0.717, 1.165) is 0 Å². The van der Waals surface area contributed by atoms with E-state index in [1.165, 1.54) is 13.2 Å². The van der Waals surface area contributed by atoms with Crippen molar-refractivity contribution < 1.29 is 26.7 Å². The maximum atomic E-state index is 12.6. The van der Waals surface area contributed by atoms with Crippen LogP contribution in [0, 0.1) is 0 Å². The molecule has 28 heavy (non-hydrogen) atoms. The highest BCUT2D eigenvalue weighted by molar-refractivity contribution is 7.92. The number of alkyl halides is 2. The Hall–Kier alpha value is -2.10. The summed E-state index contributed by atoms with van der Waals surface area (Å²) in [4.78, 5) is 6.46. The molecule has 0 saturated carbocycles. The Labute approximate surface area is 164 Å². The van der Waals surface area contributed by atoms with Gasteiger partial charge in [0.2, 0.25) is 0 Å². The van der Waals surface area contributed by atoms with Crippen LogP contribution < -0.4 is 14.8 Å². The predicted octanol–water partition coefficient (Wildman–Crippen LogP) is 2.27. The number of methoxy groups -OCH3 is 1. The van der Waals surface area contributed by atoms with E-state index in [-0.39, 0.29) is 23.8 Å². The highest BCUT2D eigenvalue weighted by atomic mass is 32.2. The van der Waals surface area contributed by atoms with Gasteiger partial charge in [-0.3, -0.25) is 0 Å². The zero-order chi connectivity index (χ0) is 20.9. The first kappa shape index (κ1) is 22.2. The number of benzene rings is 1. The monoisotopic (exact) mass is 419 g/mol. The maximum Gasteiger partial charge on any atom is 0.387 e. The predicted molar refractivity (Wildman–Crippen MR) is 104 cm³/mol. The summed E-state index contributed by atoms with van der Waals surface area (Å²) in [5, 5.41) is 3.16. The third-order valence-electron chi connectivity index (χ3n) is 4.53. The Bertz CT molecular complexity index is 813. The zero-order valence-corrected chi connectivity index (χ0v) is 17.4. The Morgan fingerprint density at radius 1 is 1.36 bits per heavy atom. The van der Waals surface area contributed by atoms with Crippen LogP contribution in [0.25, 0.3) is 0 Å². The number of rotatable bonds is 6. The molecule has 0 aromatic heterocycles. The summed E-state index contributed by atoms with van der Waals surface area (Å²) < 4.78 is 58.3. The van der Waals surface area contributed by atoms with Gasteiger partial charge in [0.05, 0.1) is 24.2 Å². The van der Waals surface area contributed by atoms with Gasteiger partial charge < -0.3 is 19.7 Å². The molecule has 0 atom stereocenters. The topological polar surface area (TPSA) is 80.2 Å². The largest absolute Gasteiger partial charge is 0.493 e. The van der Waals surface area contributed by atoms with Gasteiger partial charge in [-0.05, 0) is 38.5 Å². The molecule has 1 heterocycles. The Morgan fingerprint density at radius 3 is 2.64 bits per heavy atom. The molecule has 1 aromatic carbocycles. The minimum atomic E-state index is -3.16. The number of sulfone groups is 1. The number of halogens is 2. The van der Waals surface area contributed by atoms with Crippen LogP contribution >= 0.6 is 0 Å². The van der Waals surface area contributed by atoms with Gasteiger partial charge in [-0.2, -0.15) is 8.78 Å². The molecule has 0 amide bonds. The fourth-order valence-electron chi connectivity index (χ4n) is 2.92. The zero-order valence-electron chi connectivity index (χ0n) is 16.5. The molecule has 0 radical (unpaired) electrons. The molecule has 0 unspecified atom stereocenters. The maximum absolute atomic E-state index is 12.6. The molecule has 0 bridgehead atoms. The second-order valence-electron chi connectivity index (χ2n) is 7.03. The van der Waals surface area contributed by atoms with Crippen molar-refractivity contribution in [2.75, 3.05) is 32.5 Å². The van der Waals surface area contributed by atoms with Crippen molar-refractivity contribution >= 4 is 15.8 Å². The van der Waals surface area contributed by atoms with E-state index in [4.69, 9.17) is 4.74 Å². The van der Waals surface area contributed by atoms with Crippen LogP contribution in [0.2, 0.25) is 0 Å². The van der Waals surface area contributed by atoms with Crippen molar-refractivity contribution in [2.45, 2.75) is 38.7 Å². The number of ether oxygens (including phenoxy) is 2. The van der Waals surface area contributed by atoms with E-state index >= 15 is 0 Å². The van der Waals surface area contributed by atoms with Crippen LogP contribution in [0.15, 0.2) is 23.2 Å². The molecule has 1 saturated heterocycles. The van der Waals surface area contributed by atoms with Gasteiger partial charge in [0.1, 0.15) is 0 Å². The van der Waals surface area contributed by atoms with E-state index in [0.29, 0.717) is 31.2 Å². The molecule has 2 rings (SSSR count). The Balaban J connectivity index is 2.21. The van der Waals surface area contributed by atoms with Gasteiger partial charge >= 0.3 is 6.61 Å². The first-order valence-corrected chi connectivity index (χ1v) is 10.6. The molecule has 7 nitrogen and oxygen atoms in total. The molecule has 1 aromatic rings. The number of aliphatic imine (C=N–C) groups is 1. The second kappa shape index (κ2) is 8.93. The minimum absolute atomic E-state index is 0.0549. The first-order chi connectivity index (χ1) is 13.1. The van der Waals surface area contributed by atoms with Crippen LogP contribution in [0.1, 0.15) is 26.3 Å². The van der Waals surface area contributed by atoms with Crippen LogP contribution in [0.3, 0.4) is 0 Å². The van der Waals surface area contributed by atoms with E-state index < -0.39 is 21.2 Å². The fourth-order valence-corrected chi connectivity index (χ4v) is 4.29. The molecular weight excluding hydrogens is 392 g/mol. The molecule has 0 spiro atoms. The molecule has 1 N–H and O–H groups in total. The van der Waals surface area contributed by atoms with Crippen molar-refractivity contribution in [3.05, 3.63) is 23.8 Å². The molecule has 1 aliphatic heterocycles. The Morgan fingerprint density at radius 2 is 2.07 bits per heavy atom. The van der Waals surface area contributed by atoms with E-state index in [9.17, 15) is 17.2 Å². The first-order valence-electron chi connectivity index (χ1n) is 8.97. The average Bonchev–Trinajstić information content (AvgIpc) is 2.61. The summed E-state index contributed by atoms with van der Waals surface area (Å²) in [7, 11) is -1.78. The van der Waals surface area contributed by atoms with Crippen molar-refractivity contribution in [1.29, 1.82) is 0 Å². The molecule has 1 fully saturated rings. The van der Waals surface area contributed by atoms with Crippen molar-refractivity contribution in [3.63, 3.8) is 0 Å². The fraction of sp³-hybridized carbons (Fsp3) is 0.611. The minimum Gasteiger partial charge on any atom is -0.493 e. The number of hydrogen-bond donors (Lipinski definition) is 1. The lowest BCUT2D eigenvalue weighted by Gasteiger charge is -2.39. The number of hydrogen-bond acceptors (Lipinski definition) is 5. The van der Waals surface area contributed by atoms with Crippen LogP contribution in [-0.2, 0) is 16.4 Å². The number of guanidine groups is 1. The van der Waals surface area contributed by atoms with Crippen molar-refractivity contribution in [3.8, 4) is 11.5 Å². The van der Waals surface area contributed by atoms with Gasteiger partial charge in [-0.1, -0.05) is 6.07 Å². The standard InChI is InChI=1S/C18H27F2N3O4S/c1-5-21-17(23-8-9-28(24,25)18(2,3)12-23)22-11-13-6-7-14(26-4)15(10-13)27-16(19)20/h6-7,10,16H,5,8-9,11-12H2,1-4H3,(H,21,22). The summed E-state index contributed by atoms with van der Waals surface area (Å²) in [6.07, 6.45) is 0. The summed E-state index contributed by atoms with van der Waals surface area (Å²) in [6.45, 7) is 3.88. The number of nitrogens with zero attached hydrogens (tertiary/aromatic N) is 2. The lowest BCUT2D eigenvalue weighted by atomic mass is 10.2. The van der Waals surface area contributed by atoms with Gasteiger partial charge in [0.25, 0.3) is 0 Å². The van der Waals surface area contributed by atoms with Gasteiger partial charge in [-0.25, -0.2) is 13.4 Å². The molecule has 10 heteroatoms. The van der Waals surface area contributed by atoms with Gasteiger partial charge in [0.15, 0.2) is 27.3 Å². The highest BCUT2D eigenvalue weighted by Gasteiger charge is 2.40. The van der Waals surface area contributed by atoms with Crippen molar-refractivity contribution in [2.24, 2.45) is 4.99 Å². The average molecular weight is 419 g/mol. The van der Waals surface area contributed by atoms with Gasteiger partial charge in [0, 0.05) is 19.6 Å². The highest BCUT2D eigenvalue weighted by Crippen LogP contribution is 2.30. The lowest BCUT2D eigenvalue weighted by Crippen LogP contribution is -2.57. The molecule has 1 aliphatic rings. The summed E-state index contributed by atoms with van der Waals surface area (Å²) in [5.41, 5.74) is 0.663. The smallest absolute Gasteiger partial charge is 0.387 e. The van der Waals surface area contributed by atoms with Crippen LogP contribution in [-0.4, -0.2) is 63.1 Å². The molecule has 0 aliphatic carbocycles. The molecule has 158 valence electrons. The normalized spacial score (nSPS) is 18.8. The third-order valence-corrected chi connectivity index (χ3v) is 7.07. The Kier molecular flexibility index (Phi) is 7.08. The summed E-state index contributed by atoms with van der Waals surface area (Å²) in [6, 6.07) is 4.73. The van der Waals surface area contributed by atoms with E-state index in [1.807, 2.05) is 11.8 Å². The third kappa shape index (κ3) is 5.24. The van der Waals surface area contributed by atoms with Crippen LogP contribution in [0.4, 0.5) is 8.78 Å². The SMILES string of the molecule is CCNC(=NCc1ccc(OC)c(OC(F)F)c1)N1CCS(=O)(=O)C(C)(C)C1. The quantitative estimate of drug-likeness (QED) is 0.563.